The Morgan fingerprint density at radius 2 is 2.40 bits per heavy atom. The van der Waals surface area contributed by atoms with E-state index in [0.29, 0.717) is 5.52 Å². The van der Waals surface area contributed by atoms with Crippen molar-refractivity contribution < 1.29 is 18.3 Å². The van der Waals surface area contributed by atoms with Crippen LogP contribution in [0, 0.1) is 5.82 Å². The summed E-state index contributed by atoms with van der Waals surface area (Å²) in [4.78, 5) is 15.2. The molecular weight excluding hydrogens is 269 g/mol. The zero-order valence-corrected chi connectivity index (χ0v) is 9.17. The smallest absolute Gasteiger partial charge is 0.344 e. The predicted octanol–water partition coefficient (Wildman–Crippen LogP) is 2.52. The molecule has 15 heavy (non-hydrogen) atoms. The Balaban J connectivity index is 2.83. The van der Waals surface area contributed by atoms with E-state index in [4.69, 9.17) is 4.42 Å². The van der Waals surface area contributed by atoms with Crippen molar-refractivity contribution in [3.8, 4) is 0 Å². The Morgan fingerprint density at radius 1 is 1.67 bits per heavy atom. The van der Waals surface area contributed by atoms with Crippen LogP contribution in [0.1, 0.15) is 10.4 Å². The van der Waals surface area contributed by atoms with E-state index in [9.17, 15) is 9.18 Å². The third-order valence-electron chi connectivity index (χ3n) is 1.90. The molecule has 0 atom stereocenters. The van der Waals surface area contributed by atoms with Gasteiger partial charge in [0.25, 0.3) is 0 Å². The summed E-state index contributed by atoms with van der Waals surface area (Å²) < 4.78 is 23.2. The van der Waals surface area contributed by atoms with Crippen LogP contribution in [0.25, 0.3) is 11.1 Å². The molecule has 0 saturated heterocycles. The number of oxazole rings is 1. The molecule has 78 valence electrons. The molecule has 1 aromatic carbocycles. The van der Waals surface area contributed by atoms with Crippen LogP contribution in [-0.2, 0) is 4.74 Å². The number of hydrogen-bond donors (Lipinski definition) is 0. The number of rotatable bonds is 1. The Bertz CT molecular complexity index is 537. The van der Waals surface area contributed by atoms with E-state index in [1.165, 1.54) is 13.2 Å². The lowest BCUT2D eigenvalue weighted by Crippen LogP contribution is -2.05. The van der Waals surface area contributed by atoms with Gasteiger partial charge in [-0.25, -0.2) is 14.2 Å². The molecule has 0 aliphatic rings. The van der Waals surface area contributed by atoms with Crippen molar-refractivity contribution in [1.82, 2.24) is 4.98 Å². The van der Waals surface area contributed by atoms with E-state index in [1.807, 2.05) is 0 Å². The minimum absolute atomic E-state index is 0.0857. The van der Waals surface area contributed by atoms with Gasteiger partial charge in [-0.1, -0.05) is 0 Å². The molecule has 1 aromatic heterocycles. The van der Waals surface area contributed by atoms with Gasteiger partial charge in [-0.05, 0) is 22.0 Å². The highest BCUT2D eigenvalue weighted by Gasteiger charge is 2.22. The molecule has 0 bridgehead atoms. The molecule has 4 nitrogen and oxygen atoms in total. The summed E-state index contributed by atoms with van der Waals surface area (Å²) in [7, 11) is 1.17. The number of hydrogen-bond acceptors (Lipinski definition) is 4. The number of esters is 1. The first-order valence-electron chi connectivity index (χ1n) is 3.94. The maximum absolute atomic E-state index is 13.6. The SMILES string of the molecule is COC(=O)c1c(F)c(Br)cc2ncoc12. The van der Waals surface area contributed by atoms with E-state index in [-0.39, 0.29) is 15.6 Å². The van der Waals surface area contributed by atoms with Crippen molar-refractivity contribution in [2.45, 2.75) is 0 Å². The lowest BCUT2D eigenvalue weighted by atomic mass is 10.2. The number of methoxy groups -OCH3 is 1. The first-order chi connectivity index (χ1) is 7.15. The molecule has 0 amide bonds. The first kappa shape index (κ1) is 10.1. The summed E-state index contributed by atoms with van der Waals surface area (Å²) in [6.45, 7) is 0. The van der Waals surface area contributed by atoms with Crippen LogP contribution in [0.4, 0.5) is 4.39 Å². The van der Waals surface area contributed by atoms with Gasteiger partial charge in [0, 0.05) is 0 Å². The van der Waals surface area contributed by atoms with Crippen LogP contribution in [0.2, 0.25) is 0 Å². The molecule has 2 aromatic rings. The number of nitrogens with zero attached hydrogens (tertiary/aromatic N) is 1. The third-order valence-corrected chi connectivity index (χ3v) is 2.48. The van der Waals surface area contributed by atoms with Gasteiger partial charge in [-0.2, -0.15) is 0 Å². The Hall–Kier alpha value is -1.43. The number of benzene rings is 1. The van der Waals surface area contributed by atoms with Crippen LogP contribution in [0.5, 0.6) is 0 Å². The van der Waals surface area contributed by atoms with Gasteiger partial charge in [-0.3, -0.25) is 0 Å². The normalized spacial score (nSPS) is 10.6. The fourth-order valence-electron chi connectivity index (χ4n) is 1.23. The van der Waals surface area contributed by atoms with Gasteiger partial charge < -0.3 is 9.15 Å². The predicted molar refractivity (Wildman–Crippen MR) is 53.0 cm³/mol. The van der Waals surface area contributed by atoms with Crippen LogP contribution in [0.15, 0.2) is 21.3 Å². The number of aromatic nitrogens is 1. The van der Waals surface area contributed by atoms with Crippen molar-refractivity contribution in [2.75, 3.05) is 7.11 Å². The van der Waals surface area contributed by atoms with Crippen molar-refractivity contribution in [2.24, 2.45) is 0 Å². The number of carbonyl (C=O) groups is 1. The van der Waals surface area contributed by atoms with Crippen molar-refractivity contribution >= 4 is 33.0 Å². The standard InChI is InChI=1S/C9H5BrFNO3/c1-14-9(13)6-7(11)4(10)2-5-8(6)15-3-12-5/h2-3H,1H3. The Kier molecular flexibility index (Phi) is 2.44. The second kappa shape index (κ2) is 3.62. The summed E-state index contributed by atoms with van der Waals surface area (Å²) in [6, 6.07) is 1.43. The molecule has 2 rings (SSSR count). The second-order valence-corrected chi connectivity index (χ2v) is 3.59. The average molecular weight is 274 g/mol. The van der Waals surface area contributed by atoms with Crippen molar-refractivity contribution in [3.05, 3.63) is 28.3 Å². The molecule has 0 radical (unpaired) electrons. The molecule has 0 unspecified atom stereocenters. The number of ether oxygens (including phenoxy) is 1. The molecule has 6 heteroatoms. The minimum Gasteiger partial charge on any atom is -0.465 e. The van der Waals surface area contributed by atoms with Crippen LogP contribution < -0.4 is 0 Å². The van der Waals surface area contributed by atoms with Crippen LogP contribution in [0.3, 0.4) is 0 Å². The number of halogens is 2. The van der Waals surface area contributed by atoms with Crippen LogP contribution in [-0.4, -0.2) is 18.1 Å². The largest absolute Gasteiger partial charge is 0.465 e. The third kappa shape index (κ3) is 1.50. The van der Waals surface area contributed by atoms with Crippen LogP contribution >= 0.6 is 15.9 Å². The van der Waals surface area contributed by atoms with E-state index in [0.717, 1.165) is 6.39 Å². The quantitative estimate of drug-likeness (QED) is 0.750. The fraction of sp³-hybridized carbons (Fsp3) is 0.111. The van der Waals surface area contributed by atoms with Gasteiger partial charge >= 0.3 is 5.97 Å². The lowest BCUT2D eigenvalue weighted by molar-refractivity contribution is 0.0596. The summed E-state index contributed by atoms with van der Waals surface area (Å²) >= 11 is 2.98. The number of carbonyl (C=O) groups excluding carboxylic acids is 1. The first-order valence-corrected chi connectivity index (χ1v) is 4.74. The number of fused-ring (bicyclic) bond motifs is 1. The maximum Gasteiger partial charge on any atom is 0.344 e. The molecule has 0 aliphatic carbocycles. The van der Waals surface area contributed by atoms with Gasteiger partial charge in [-0.15, -0.1) is 0 Å². The zero-order chi connectivity index (χ0) is 11.0. The summed E-state index contributed by atoms with van der Waals surface area (Å²) in [5.74, 6) is -1.51. The second-order valence-electron chi connectivity index (χ2n) is 2.74. The lowest BCUT2D eigenvalue weighted by Gasteiger charge is -2.02. The molecule has 0 N–H and O–H groups in total. The minimum atomic E-state index is -0.796. The maximum atomic E-state index is 13.6. The molecule has 0 aliphatic heterocycles. The highest BCUT2D eigenvalue weighted by molar-refractivity contribution is 9.10. The Morgan fingerprint density at radius 3 is 3.07 bits per heavy atom. The van der Waals surface area contributed by atoms with E-state index < -0.39 is 11.8 Å². The van der Waals surface area contributed by atoms with Crippen molar-refractivity contribution in [1.29, 1.82) is 0 Å². The van der Waals surface area contributed by atoms with Gasteiger partial charge in [0.15, 0.2) is 17.8 Å². The van der Waals surface area contributed by atoms with Gasteiger partial charge in [0.1, 0.15) is 11.1 Å². The monoisotopic (exact) mass is 273 g/mol. The summed E-state index contributed by atoms with van der Waals surface area (Å²) in [5, 5.41) is 0. The molecule has 1 heterocycles. The summed E-state index contributed by atoms with van der Waals surface area (Å²) in [6.07, 6.45) is 1.14. The van der Waals surface area contributed by atoms with Crippen molar-refractivity contribution in [3.63, 3.8) is 0 Å². The van der Waals surface area contributed by atoms with E-state index in [2.05, 4.69) is 25.7 Å². The molecule has 0 fully saturated rings. The highest BCUT2D eigenvalue weighted by atomic mass is 79.9. The average Bonchev–Trinajstić information content (AvgIpc) is 2.66. The zero-order valence-electron chi connectivity index (χ0n) is 7.58. The fourth-order valence-corrected chi connectivity index (χ4v) is 1.65. The Labute approximate surface area is 92.2 Å². The topological polar surface area (TPSA) is 52.3 Å². The molecule has 0 saturated carbocycles. The van der Waals surface area contributed by atoms with Gasteiger partial charge in [0.05, 0.1) is 11.6 Å². The van der Waals surface area contributed by atoms with Gasteiger partial charge in [0.2, 0.25) is 0 Å². The molecule has 0 spiro atoms. The highest BCUT2D eigenvalue weighted by Crippen LogP contribution is 2.28. The molecular formula is C9H5BrFNO3. The summed E-state index contributed by atoms with van der Waals surface area (Å²) in [5.41, 5.74) is 0.227. The van der Waals surface area contributed by atoms with E-state index in [1.54, 1.807) is 0 Å². The van der Waals surface area contributed by atoms with E-state index >= 15 is 0 Å².